The largest absolute Gasteiger partial charge is 0.206 e. The van der Waals surface area contributed by atoms with Gasteiger partial charge in [0.05, 0.1) is 0 Å². The first-order valence-electron chi connectivity index (χ1n) is 3.82. The zero-order valence-corrected chi connectivity index (χ0v) is 9.21. The summed E-state index contributed by atoms with van der Waals surface area (Å²) in [6, 6.07) is 5.17. The monoisotopic (exact) mass is 248 g/mol. The van der Waals surface area contributed by atoms with Crippen molar-refractivity contribution >= 4 is 27.7 Å². The van der Waals surface area contributed by atoms with Crippen LogP contribution < -0.4 is 0 Å². The molecule has 0 saturated carbocycles. The van der Waals surface area contributed by atoms with Crippen LogP contribution in [-0.2, 0) is 0 Å². The molecule has 3 heteroatoms. The Balaban J connectivity index is 2.72. The molecule has 0 aliphatic rings. The van der Waals surface area contributed by atoms with Crippen molar-refractivity contribution in [2.45, 2.75) is 18.2 Å². The lowest BCUT2D eigenvalue weighted by molar-refractivity contribution is 0.601. The summed E-state index contributed by atoms with van der Waals surface area (Å²) in [4.78, 5) is 0.736. The molecule has 0 aromatic heterocycles. The molecule has 0 aliphatic heterocycles. The molecule has 0 unspecified atom stereocenters. The van der Waals surface area contributed by atoms with Crippen LogP contribution in [0.15, 0.2) is 27.6 Å². The second kappa shape index (κ2) is 4.87. The molecule has 0 N–H and O–H groups in total. The number of halogens is 2. The third-order valence-corrected chi connectivity index (χ3v) is 3.10. The minimum absolute atomic E-state index is 0.136. The van der Waals surface area contributed by atoms with Gasteiger partial charge in [0.15, 0.2) is 0 Å². The summed E-state index contributed by atoms with van der Waals surface area (Å²) in [5, 5.41) is 0. The molecule has 1 aromatic rings. The smallest absolute Gasteiger partial charge is 0.137 e. The maximum Gasteiger partial charge on any atom is 0.137 e. The molecule has 0 amide bonds. The zero-order chi connectivity index (χ0) is 8.97. The van der Waals surface area contributed by atoms with Crippen molar-refractivity contribution < 1.29 is 4.39 Å². The van der Waals surface area contributed by atoms with E-state index in [0.29, 0.717) is 0 Å². The van der Waals surface area contributed by atoms with Gasteiger partial charge in [-0.05, 0) is 30.4 Å². The second-order valence-electron chi connectivity index (χ2n) is 2.42. The number of benzene rings is 1. The van der Waals surface area contributed by atoms with E-state index < -0.39 is 0 Å². The maximum absolute atomic E-state index is 13.1. The summed E-state index contributed by atoms with van der Waals surface area (Å²) in [6.07, 6.45) is 1.07. The van der Waals surface area contributed by atoms with Gasteiger partial charge < -0.3 is 0 Å². The highest BCUT2D eigenvalue weighted by Gasteiger charge is 2.01. The minimum Gasteiger partial charge on any atom is -0.206 e. The lowest BCUT2D eigenvalue weighted by Gasteiger charge is -2.01. The fraction of sp³-hybridized carbons (Fsp3) is 0.333. The first kappa shape index (κ1) is 10.1. The average molecular weight is 249 g/mol. The predicted octanol–water partition coefficient (Wildman–Crippen LogP) is 4.09. The zero-order valence-electron chi connectivity index (χ0n) is 6.81. The van der Waals surface area contributed by atoms with E-state index in [0.717, 1.165) is 21.5 Å². The van der Waals surface area contributed by atoms with Gasteiger partial charge in [0.2, 0.25) is 0 Å². The maximum atomic E-state index is 13.1. The SMILES string of the molecule is CCCSc1ccc(Br)cc1F. The van der Waals surface area contributed by atoms with Crippen molar-refractivity contribution in [3.8, 4) is 0 Å². The molecular formula is C9H10BrFS. The van der Waals surface area contributed by atoms with Crippen LogP contribution in [0.3, 0.4) is 0 Å². The van der Waals surface area contributed by atoms with Gasteiger partial charge in [0.25, 0.3) is 0 Å². The van der Waals surface area contributed by atoms with Crippen LogP contribution in [-0.4, -0.2) is 5.75 Å². The van der Waals surface area contributed by atoms with E-state index in [4.69, 9.17) is 0 Å². The third-order valence-electron chi connectivity index (χ3n) is 1.36. The van der Waals surface area contributed by atoms with Crippen LogP contribution in [0.5, 0.6) is 0 Å². The van der Waals surface area contributed by atoms with Crippen molar-refractivity contribution in [2.24, 2.45) is 0 Å². The van der Waals surface area contributed by atoms with Crippen molar-refractivity contribution in [1.82, 2.24) is 0 Å². The molecule has 66 valence electrons. The fourth-order valence-electron chi connectivity index (χ4n) is 0.804. The normalized spacial score (nSPS) is 10.2. The fourth-order valence-corrected chi connectivity index (χ4v) is 1.92. The Hall–Kier alpha value is -0.0200. The standard InChI is InChI=1S/C9H10BrFS/c1-2-5-12-9-4-3-7(10)6-8(9)11/h3-4,6H,2,5H2,1H3. The number of thioether (sulfide) groups is 1. The number of rotatable bonds is 3. The van der Waals surface area contributed by atoms with Gasteiger partial charge >= 0.3 is 0 Å². The molecule has 0 saturated heterocycles. The van der Waals surface area contributed by atoms with E-state index in [-0.39, 0.29) is 5.82 Å². The van der Waals surface area contributed by atoms with E-state index in [2.05, 4.69) is 22.9 Å². The highest BCUT2D eigenvalue weighted by Crippen LogP contribution is 2.24. The Morgan fingerprint density at radius 2 is 2.25 bits per heavy atom. The van der Waals surface area contributed by atoms with E-state index in [1.807, 2.05) is 6.07 Å². The molecule has 0 bridgehead atoms. The van der Waals surface area contributed by atoms with Crippen molar-refractivity contribution in [2.75, 3.05) is 5.75 Å². The molecule has 0 atom stereocenters. The molecule has 0 spiro atoms. The Kier molecular flexibility index (Phi) is 4.09. The molecule has 12 heavy (non-hydrogen) atoms. The van der Waals surface area contributed by atoms with Gasteiger partial charge in [0, 0.05) is 9.37 Å². The lowest BCUT2D eigenvalue weighted by Crippen LogP contribution is -1.82. The van der Waals surface area contributed by atoms with Gasteiger partial charge in [0.1, 0.15) is 5.82 Å². The lowest BCUT2D eigenvalue weighted by atomic mass is 10.3. The Morgan fingerprint density at radius 3 is 2.83 bits per heavy atom. The predicted molar refractivity (Wildman–Crippen MR) is 55.1 cm³/mol. The van der Waals surface area contributed by atoms with Gasteiger partial charge in [-0.3, -0.25) is 0 Å². The quantitative estimate of drug-likeness (QED) is 0.727. The van der Waals surface area contributed by atoms with E-state index in [1.54, 1.807) is 17.8 Å². The molecule has 0 nitrogen and oxygen atoms in total. The summed E-state index contributed by atoms with van der Waals surface area (Å²) in [6.45, 7) is 2.09. The van der Waals surface area contributed by atoms with Crippen LogP contribution >= 0.6 is 27.7 Å². The Labute approximate surface area is 84.7 Å². The molecule has 1 aromatic carbocycles. The van der Waals surface area contributed by atoms with Crippen molar-refractivity contribution in [1.29, 1.82) is 0 Å². The number of hydrogen-bond acceptors (Lipinski definition) is 1. The second-order valence-corrected chi connectivity index (χ2v) is 4.48. The Morgan fingerprint density at radius 1 is 1.50 bits per heavy atom. The summed E-state index contributed by atoms with van der Waals surface area (Å²) in [5.41, 5.74) is 0. The topological polar surface area (TPSA) is 0 Å². The van der Waals surface area contributed by atoms with Crippen LogP contribution in [0.25, 0.3) is 0 Å². The number of hydrogen-bond donors (Lipinski definition) is 0. The van der Waals surface area contributed by atoms with Crippen molar-refractivity contribution in [3.63, 3.8) is 0 Å². The van der Waals surface area contributed by atoms with Crippen LogP contribution in [0.1, 0.15) is 13.3 Å². The molecule has 0 heterocycles. The summed E-state index contributed by atoms with van der Waals surface area (Å²) in [7, 11) is 0. The van der Waals surface area contributed by atoms with Crippen molar-refractivity contribution in [3.05, 3.63) is 28.5 Å². The molecule has 0 radical (unpaired) electrons. The van der Waals surface area contributed by atoms with E-state index in [9.17, 15) is 4.39 Å². The minimum atomic E-state index is -0.136. The highest BCUT2D eigenvalue weighted by atomic mass is 79.9. The first-order chi connectivity index (χ1) is 5.74. The molecule has 0 aliphatic carbocycles. The van der Waals surface area contributed by atoms with Crippen LogP contribution in [0.2, 0.25) is 0 Å². The van der Waals surface area contributed by atoms with Crippen LogP contribution in [0, 0.1) is 5.82 Å². The van der Waals surface area contributed by atoms with Crippen LogP contribution in [0.4, 0.5) is 4.39 Å². The van der Waals surface area contributed by atoms with E-state index in [1.165, 1.54) is 6.07 Å². The van der Waals surface area contributed by atoms with Gasteiger partial charge in [-0.2, -0.15) is 0 Å². The summed E-state index contributed by atoms with van der Waals surface area (Å²) >= 11 is 4.78. The first-order valence-corrected chi connectivity index (χ1v) is 5.59. The highest BCUT2D eigenvalue weighted by molar-refractivity contribution is 9.10. The molecular weight excluding hydrogens is 239 g/mol. The third kappa shape index (κ3) is 2.79. The Bertz CT molecular complexity index is 263. The van der Waals surface area contributed by atoms with E-state index >= 15 is 0 Å². The molecule has 0 fully saturated rings. The summed E-state index contributed by atoms with van der Waals surface area (Å²) < 4.78 is 13.9. The van der Waals surface area contributed by atoms with Gasteiger partial charge in [-0.1, -0.05) is 22.9 Å². The average Bonchev–Trinajstić information content (AvgIpc) is 2.03. The molecule has 1 rings (SSSR count). The van der Waals surface area contributed by atoms with Gasteiger partial charge in [-0.15, -0.1) is 11.8 Å². The van der Waals surface area contributed by atoms with Gasteiger partial charge in [-0.25, -0.2) is 4.39 Å². The summed E-state index contributed by atoms with van der Waals surface area (Å²) in [5.74, 6) is 0.835.